The molecule has 0 aliphatic rings. The van der Waals surface area contributed by atoms with Gasteiger partial charge in [-0.2, -0.15) is 11.8 Å². The Morgan fingerprint density at radius 2 is 2.31 bits per heavy atom. The number of nitrogens with two attached hydrogens (primary N) is 1. The zero-order chi connectivity index (χ0) is 9.52. The van der Waals surface area contributed by atoms with Crippen LogP contribution in [-0.2, 0) is 5.75 Å². The molecule has 1 rings (SSSR count). The first-order valence-corrected chi connectivity index (χ1v) is 5.66. The van der Waals surface area contributed by atoms with Gasteiger partial charge in [-0.3, -0.25) is 4.98 Å². The van der Waals surface area contributed by atoms with E-state index in [9.17, 15) is 0 Å². The molecule has 1 aromatic heterocycles. The number of nitrogens with zero attached hydrogens (tertiary/aromatic N) is 1. The SMILES string of the molecule is Cc1cncc(CSCCCN)c1. The minimum absolute atomic E-state index is 0.791. The first kappa shape index (κ1) is 10.5. The molecule has 0 saturated carbocycles. The van der Waals surface area contributed by atoms with Crippen molar-refractivity contribution < 1.29 is 0 Å². The van der Waals surface area contributed by atoms with Gasteiger partial charge >= 0.3 is 0 Å². The van der Waals surface area contributed by atoms with Crippen LogP contribution in [0, 0.1) is 6.92 Å². The highest BCUT2D eigenvalue weighted by Crippen LogP contribution is 2.12. The quantitative estimate of drug-likeness (QED) is 0.732. The van der Waals surface area contributed by atoms with Crippen LogP contribution in [0.3, 0.4) is 0 Å². The fourth-order valence-electron chi connectivity index (χ4n) is 1.07. The maximum atomic E-state index is 5.41. The molecule has 2 nitrogen and oxygen atoms in total. The Morgan fingerprint density at radius 1 is 1.46 bits per heavy atom. The first-order chi connectivity index (χ1) is 6.33. The van der Waals surface area contributed by atoms with E-state index in [0.29, 0.717) is 0 Å². The molecule has 0 spiro atoms. The lowest BCUT2D eigenvalue weighted by Gasteiger charge is -2.01. The van der Waals surface area contributed by atoms with Crippen LogP contribution in [0.15, 0.2) is 18.5 Å². The van der Waals surface area contributed by atoms with Crippen molar-refractivity contribution in [2.45, 2.75) is 19.1 Å². The molecule has 0 aliphatic heterocycles. The second kappa shape index (κ2) is 6.00. The van der Waals surface area contributed by atoms with Gasteiger partial charge in [0, 0.05) is 18.1 Å². The molecule has 0 atom stereocenters. The van der Waals surface area contributed by atoms with E-state index in [-0.39, 0.29) is 0 Å². The minimum atomic E-state index is 0.791. The monoisotopic (exact) mass is 196 g/mol. The molecule has 0 saturated heterocycles. The molecule has 0 radical (unpaired) electrons. The summed E-state index contributed by atoms with van der Waals surface area (Å²) in [7, 11) is 0. The molecule has 2 N–H and O–H groups in total. The van der Waals surface area contributed by atoms with Crippen LogP contribution in [0.1, 0.15) is 17.5 Å². The number of pyridine rings is 1. The van der Waals surface area contributed by atoms with Crippen LogP contribution in [0.4, 0.5) is 0 Å². The van der Waals surface area contributed by atoms with Gasteiger partial charge in [0.25, 0.3) is 0 Å². The summed E-state index contributed by atoms with van der Waals surface area (Å²) in [5, 5.41) is 0. The molecule has 0 amide bonds. The molecule has 72 valence electrons. The maximum absolute atomic E-state index is 5.41. The Hall–Kier alpha value is -0.540. The van der Waals surface area contributed by atoms with Gasteiger partial charge in [0.15, 0.2) is 0 Å². The standard InChI is InChI=1S/C10H16N2S/c1-9-5-10(7-12-6-9)8-13-4-2-3-11/h5-7H,2-4,8,11H2,1H3. The summed E-state index contributed by atoms with van der Waals surface area (Å²) in [6.45, 7) is 2.86. The van der Waals surface area contributed by atoms with E-state index in [1.54, 1.807) is 0 Å². The number of thioether (sulfide) groups is 1. The van der Waals surface area contributed by atoms with Gasteiger partial charge in [-0.05, 0) is 36.8 Å². The molecule has 1 heterocycles. The third-order valence-electron chi connectivity index (χ3n) is 1.69. The highest BCUT2D eigenvalue weighted by atomic mass is 32.2. The van der Waals surface area contributed by atoms with E-state index < -0.39 is 0 Å². The summed E-state index contributed by atoms with van der Waals surface area (Å²) in [6, 6.07) is 2.18. The number of aromatic nitrogens is 1. The van der Waals surface area contributed by atoms with Gasteiger partial charge in [-0.1, -0.05) is 6.07 Å². The second-order valence-corrected chi connectivity index (χ2v) is 4.17. The number of hydrogen-bond acceptors (Lipinski definition) is 3. The van der Waals surface area contributed by atoms with Crippen LogP contribution in [-0.4, -0.2) is 17.3 Å². The third kappa shape index (κ3) is 4.29. The van der Waals surface area contributed by atoms with Crippen molar-refractivity contribution in [3.63, 3.8) is 0 Å². The fourth-order valence-corrected chi connectivity index (χ4v) is 1.98. The Morgan fingerprint density at radius 3 is 3.00 bits per heavy atom. The van der Waals surface area contributed by atoms with E-state index in [1.807, 2.05) is 24.2 Å². The zero-order valence-corrected chi connectivity index (χ0v) is 8.81. The molecule has 0 aromatic carbocycles. The Kier molecular flexibility index (Phi) is 4.86. The first-order valence-electron chi connectivity index (χ1n) is 4.51. The van der Waals surface area contributed by atoms with E-state index in [2.05, 4.69) is 18.0 Å². The van der Waals surface area contributed by atoms with Crippen LogP contribution in [0.5, 0.6) is 0 Å². The largest absolute Gasteiger partial charge is 0.330 e. The lowest BCUT2D eigenvalue weighted by Crippen LogP contribution is -1.99. The lowest BCUT2D eigenvalue weighted by molar-refractivity contribution is 0.943. The summed E-state index contributed by atoms with van der Waals surface area (Å²) in [4.78, 5) is 4.15. The topological polar surface area (TPSA) is 38.9 Å². The normalized spacial score (nSPS) is 10.3. The highest BCUT2D eigenvalue weighted by molar-refractivity contribution is 7.98. The van der Waals surface area contributed by atoms with Crippen molar-refractivity contribution in [1.29, 1.82) is 0 Å². The Bertz CT molecular complexity index is 250. The summed E-state index contributed by atoms with van der Waals surface area (Å²) >= 11 is 1.92. The van der Waals surface area contributed by atoms with Gasteiger partial charge in [-0.15, -0.1) is 0 Å². The molecule has 3 heteroatoms. The number of hydrogen-bond donors (Lipinski definition) is 1. The fraction of sp³-hybridized carbons (Fsp3) is 0.500. The van der Waals surface area contributed by atoms with Crippen LogP contribution >= 0.6 is 11.8 Å². The smallest absolute Gasteiger partial charge is 0.0308 e. The molecule has 0 aliphatic carbocycles. The predicted octanol–water partition coefficient (Wildman–Crippen LogP) is 1.97. The lowest BCUT2D eigenvalue weighted by atomic mass is 10.2. The van der Waals surface area contributed by atoms with E-state index >= 15 is 0 Å². The van der Waals surface area contributed by atoms with Gasteiger partial charge in [0.1, 0.15) is 0 Å². The van der Waals surface area contributed by atoms with Gasteiger partial charge < -0.3 is 5.73 Å². The van der Waals surface area contributed by atoms with Crippen LogP contribution in [0.25, 0.3) is 0 Å². The minimum Gasteiger partial charge on any atom is -0.330 e. The van der Waals surface area contributed by atoms with Crippen molar-refractivity contribution in [3.05, 3.63) is 29.6 Å². The Labute approximate surface area is 83.9 Å². The summed E-state index contributed by atoms with van der Waals surface area (Å²) < 4.78 is 0. The van der Waals surface area contributed by atoms with Crippen LogP contribution in [0.2, 0.25) is 0 Å². The maximum Gasteiger partial charge on any atom is 0.0308 e. The summed E-state index contributed by atoms with van der Waals surface area (Å²) in [5.74, 6) is 2.19. The Balaban J connectivity index is 2.28. The van der Waals surface area contributed by atoms with Gasteiger partial charge in [0.2, 0.25) is 0 Å². The van der Waals surface area contributed by atoms with Crippen molar-refractivity contribution in [3.8, 4) is 0 Å². The van der Waals surface area contributed by atoms with E-state index in [4.69, 9.17) is 5.73 Å². The van der Waals surface area contributed by atoms with Crippen molar-refractivity contribution in [1.82, 2.24) is 4.98 Å². The van der Waals surface area contributed by atoms with E-state index in [1.165, 1.54) is 11.1 Å². The molecule has 13 heavy (non-hydrogen) atoms. The molecule has 0 fully saturated rings. The highest BCUT2D eigenvalue weighted by Gasteiger charge is 1.94. The second-order valence-electron chi connectivity index (χ2n) is 3.07. The molecule has 0 bridgehead atoms. The number of rotatable bonds is 5. The van der Waals surface area contributed by atoms with E-state index in [0.717, 1.165) is 24.5 Å². The molecule has 0 unspecified atom stereocenters. The molecule has 1 aromatic rings. The van der Waals surface area contributed by atoms with Crippen molar-refractivity contribution in [2.75, 3.05) is 12.3 Å². The summed E-state index contributed by atoms with van der Waals surface area (Å²) in [5.41, 5.74) is 7.95. The predicted molar refractivity (Wildman–Crippen MR) is 58.8 cm³/mol. The summed E-state index contributed by atoms with van der Waals surface area (Å²) in [6.07, 6.45) is 4.92. The molecular formula is C10H16N2S. The third-order valence-corrected chi connectivity index (χ3v) is 2.81. The van der Waals surface area contributed by atoms with Gasteiger partial charge in [-0.25, -0.2) is 0 Å². The number of aryl methyl sites for hydroxylation is 1. The van der Waals surface area contributed by atoms with Crippen LogP contribution < -0.4 is 5.73 Å². The average molecular weight is 196 g/mol. The molecular weight excluding hydrogens is 180 g/mol. The van der Waals surface area contributed by atoms with Gasteiger partial charge in [0.05, 0.1) is 0 Å². The van der Waals surface area contributed by atoms with Crippen molar-refractivity contribution >= 4 is 11.8 Å². The average Bonchev–Trinajstić information content (AvgIpc) is 2.13. The van der Waals surface area contributed by atoms with Crippen molar-refractivity contribution in [2.24, 2.45) is 5.73 Å². The zero-order valence-electron chi connectivity index (χ0n) is 7.99.